The van der Waals surface area contributed by atoms with Crippen molar-refractivity contribution >= 4 is 11.8 Å². The Balaban J connectivity index is 1.80. The van der Waals surface area contributed by atoms with Crippen LogP contribution in [0, 0.1) is 0 Å². The van der Waals surface area contributed by atoms with Crippen LogP contribution in [-0.2, 0) is 20.7 Å². The minimum absolute atomic E-state index is 0.0655. The fourth-order valence-electron chi connectivity index (χ4n) is 3.48. The number of hydrogen-bond donors (Lipinski definition) is 6. The molecule has 2 aromatic rings. The van der Waals surface area contributed by atoms with Crippen LogP contribution in [0.2, 0.25) is 0 Å². The van der Waals surface area contributed by atoms with Gasteiger partial charge in [-0.15, -0.1) is 0 Å². The molecular weight excluding hydrogens is 452 g/mol. The van der Waals surface area contributed by atoms with Crippen molar-refractivity contribution in [1.82, 2.24) is 0 Å². The first-order chi connectivity index (χ1) is 16.1. The maximum absolute atomic E-state index is 12.9. The van der Waals surface area contributed by atoms with E-state index in [1.165, 1.54) is 12.1 Å². The number of ketones is 1. The minimum atomic E-state index is -1.77. The summed E-state index contributed by atoms with van der Waals surface area (Å²) in [7, 11) is 0. The summed E-state index contributed by atoms with van der Waals surface area (Å²) in [5.41, 5.74) is 0.466. The molecule has 11 heteroatoms. The van der Waals surface area contributed by atoms with Crippen LogP contribution in [0.4, 0.5) is 0 Å². The molecular formula is C23H26O11. The molecule has 5 unspecified atom stereocenters. The standard InChI is InChI=1S/C23H26O11/c1-11(24)32-10-18-20(29)21(30)22(31)23(34-18)33-17-9-14(26)8-16(28)19(17)15(27)7-4-12-2-5-13(25)6-3-12/h2-3,5-6,8-9,18,20-23,25-26,28-31H,4,7,10H2,1H3. The van der Waals surface area contributed by atoms with E-state index in [-0.39, 0.29) is 29.9 Å². The lowest BCUT2D eigenvalue weighted by molar-refractivity contribution is -0.278. The Morgan fingerprint density at radius 3 is 2.26 bits per heavy atom. The number of esters is 1. The molecule has 1 heterocycles. The summed E-state index contributed by atoms with van der Waals surface area (Å²) in [4.78, 5) is 24.0. The summed E-state index contributed by atoms with van der Waals surface area (Å²) in [5.74, 6) is -2.48. The van der Waals surface area contributed by atoms with Crippen molar-refractivity contribution in [2.45, 2.75) is 50.5 Å². The highest BCUT2D eigenvalue weighted by Gasteiger charge is 2.45. The molecule has 1 aliphatic heterocycles. The number of aryl methyl sites for hydroxylation is 1. The van der Waals surface area contributed by atoms with Gasteiger partial charge in [0.15, 0.2) is 5.78 Å². The smallest absolute Gasteiger partial charge is 0.302 e. The van der Waals surface area contributed by atoms with Crippen molar-refractivity contribution in [1.29, 1.82) is 0 Å². The van der Waals surface area contributed by atoms with Gasteiger partial charge in [0, 0.05) is 25.5 Å². The van der Waals surface area contributed by atoms with Crippen LogP contribution in [0.3, 0.4) is 0 Å². The first-order valence-corrected chi connectivity index (χ1v) is 10.4. The van der Waals surface area contributed by atoms with Gasteiger partial charge in [-0.05, 0) is 24.1 Å². The molecule has 11 nitrogen and oxygen atoms in total. The Bertz CT molecular complexity index is 1020. The third-order valence-electron chi connectivity index (χ3n) is 5.28. The van der Waals surface area contributed by atoms with Crippen LogP contribution in [0.15, 0.2) is 36.4 Å². The average Bonchev–Trinajstić information content (AvgIpc) is 2.77. The second kappa shape index (κ2) is 10.7. The highest BCUT2D eigenvalue weighted by molar-refractivity contribution is 6.01. The van der Waals surface area contributed by atoms with Crippen LogP contribution in [0.1, 0.15) is 29.3 Å². The van der Waals surface area contributed by atoms with E-state index >= 15 is 0 Å². The number of hydrogen-bond acceptors (Lipinski definition) is 11. The second-order valence-corrected chi connectivity index (χ2v) is 7.86. The van der Waals surface area contributed by atoms with Gasteiger partial charge >= 0.3 is 5.97 Å². The molecule has 0 aliphatic carbocycles. The van der Waals surface area contributed by atoms with Crippen LogP contribution in [0.25, 0.3) is 0 Å². The summed E-state index contributed by atoms with van der Waals surface area (Å²) >= 11 is 0. The van der Waals surface area contributed by atoms with Crippen molar-refractivity contribution < 1.29 is 54.4 Å². The zero-order valence-corrected chi connectivity index (χ0v) is 18.2. The van der Waals surface area contributed by atoms with E-state index in [2.05, 4.69) is 0 Å². The molecule has 3 rings (SSSR count). The van der Waals surface area contributed by atoms with Gasteiger partial charge < -0.3 is 44.8 Å². The lowest BCUT2D eigenvalue weighted by Gasteiger charge is -2.40. The molecule has 2 aromatic carbocycles. The SMILES string of the molecule is CC(=O)OCC1OC(Oc2cc(O)cc(O)c2C(=O)CCc2ccc(O)cc2)C(O)C(O)C1O. The first-order valence-electron chi connectivity index (χ1n) is 10.4. The molecule has 1 aliphatic rings. The lowest BCUT2D eigenvalue weighted by atomic mass is 9.98. The number of benzene rings is 2. The summed E-state index contributed by atoms with van der Waals surface area (Å²) in [6.07, 6.45) is -7.79. The van der Waals surface area contributed by atoms with Gasteiger partial charge in [-0.3, -0.25) is 9.59 Å². The number of ether oxygens (including phenoxy) is 3. The van der Waals surface area contributed by atoms with Crippen molar-refractivity contribution in [2.75, 3.05) is 6.61 Å². The number of aliphatic hydroxyl groups is 3. The van der Waals surface area contributed by atoms with Gasteiger partial charge in [-0.25, -0.2) is 0 Å². The van der Waals surface area contributed by atoms with E-state index in [1.807, 2.05) is 0 Å². The lowest BCUT2D eigenvalue weighted by Crippen LogP contribution is -2.60. The van der Waals surface area contributed by atoms with Crippen molar-refractivity contribution in [3.8, 4) is 23.0 Å². The minimum Gasteiger partial charge on any atom is -0.508 e. The fourth-order valence-corrected chi connectivity index (χ4v) is 3.48. The predicted octanol–water partition coefficient (Wildman–Crippen LogP) is 0.368. The summed E-state index contributed by atoms with van der Waals surface area (Å²) in [6.45, 7) is 0.698. The maximum atomic E-state index is 12.9. The number of aliphatic hydroxyl groups excluding tert-OH is 3. The summed E-state index contributed by atoms with van der Waals surface area (Å²) in [5, 5.41) is 60.2. The zero-order chi connectivity index (χ0) is 25.0. The van der Waals surface area contributed by atoms with E-state index in [0.717, 1.165) is 24.6 Å². The van der Waals surface area contributed by atoms with Crippen molar-refractivity contribution in [3.63, 3.8) is 0 Å². The van der Waals surface area contributed by atoms with Gasteiger partial charge in [0.25, 0.3) is 0 Å². The maximum Gasteiger partial charge on any atom is 0.302 e. The Hall–Kier alpha value is -3.38. The van der Waals surface area contributed by atoms with Gasteiger partial charge in [0.05, 0.1) is 0 Å². The van der Waals surface area contributed by atoms with Crippen LogP contribution in [0.5, 0.6) is 23.0 Å². The first kappa shape index (κ1) is 25.2. The highest BCUT2D eigenvalue weighted by atomic mass is 16.7. The number of phenols is 3. The van der Waals surface area contributed by atoms with Crippen molar-refractivity contribution in [3.05, 3.63) is 47.5 Å². The summed E-state index contributed by atoms with van der Waals surface area (Å²) in [6, 6.07) is 8.20. The number of Topliss-reactive ketones (excluding diaryl/α,β-unsaturated/α-hetero) is 1. The summed E-state index contributed by atoms with van der Waals surface area (Å²) < 4.78 is 15.8. The largest absolute Gasteiger partial charge is 0.508 e. The number of carbonyl (C=O) groups is 2. The topological polar surface area (TPSA) is 183 Å². The Morgan fingerprint density at radius 2 is 1.62 bits per heavy atom. The molecule has 0 radical (unpaired) electrons. The van der Waals surface area contributed by atoms with Gasteiger partial charge in [-0.1, -0.05) is 12.1 Å². The third-order valence-corrected chi connectivity index (χ3v) is 5.28. The van der Waals surface area contributed by atoms with E-state index in [9.17, 15) is 40.2 Å². The molecule has 34 heavy (non-hydrogen) atoms. The number of phenolic OH excluding ortho intramolecular Hbond substituents is 3. The molecule has 184 valence electrons. The second-order valence-electron chi connectivity index (χ2n) is 7.86. The van der Waals surface area contributed by atoms with Crippen LogP contribution >= 0.6 is 0 Å². The number of rotatable bonds is 8. The molecule has 0 saturated carbocycles. The van der Waals surface area contributed by atoms with Gasteiger partial charge in [0.2, 0.25) is 6.29 Å². The molecule has 0 aromatic heterocycles. The molecule has 1 saturated heterocycles. The Morgan fingerprint density at radius 1 is 0.941 bits per heavy atom. The van der Waals surface area contributed by atoms with E-state index in [4.69, 9.17) is 14.2 Å². The molecule has 6 N–H and O–H groups in total. The number of aromatic hydroxyl groups is 3. The third kappa shape index (κ3) is 5.94. The quantitative estimate of drug-likeness (QED) is 0.228. The predicted molar refractivity (Wildman–Crippen MR) is 114 cm³/mol. The molecule has 0 bridgehead atoms. The van der Waals surface area contributed by atoms with Gasteiger partial charge in [-0.2, -0.15) is 0 Å². The average molecular weight is 478 g/mol. The van der Waals surface area contributed by atoms with Crippen molar-refractivity contribution in [2.24, 2.45) is 0 Å². The Labute approximate surface area is 194 Å². The molecule has 5 atom stereocenters. The van der Waals surface area contributed by atoms with Crippen LogP contribution < -0.4 is 4.74 Å². The van der Waals surface area contributed by atoms with Crippen LogP contribution in [-0.4, -0.2) is 79.7 Å². The van der Waals surface area contributed by atoms with E-state index < -0.39 is 60.6 Å². The van der Waals surface area contributed by atoms with Gasteiger partial charge in [0.1, 0.15) is 59.6 Å². The monoisotopic (exact) mass is 478 g/mol. The molecule has 0 amide bonds. The zero-order valence-electron chi connectivity index (χ0n) is 18.2. The Kier molecular flexibility index (Phi) is 7.94. The fraction of sp³-hybridized carbons (Fsp3) is 0.391. The van der Waals surface area contributed by atoms with E-state index in [1.54, 1.807) is 12.1 Å². The molecule has 0 spiro atoms. The number of carbonyl (C=O) groups excluding carboxylic acids is 2. The normalized spacial score (nSPS) is 24.4. The highest BCUT2D eigenvalue weighted by Crippen LogP contribution is 2.36. The molecule has 1 fully saturated rings. The van der Waals surface area contributed by atoms with E-state index in [0.29, 0.717) is 0 Å².